The number of rotatable bonds is 5. The molecule has 0 spiro atoms. The van der Waals surface area contributed by atoms with Gasteiger partial charge in [-0.05, 0) is 37.5 Å². The van der Waals surface area contributed by atoms with Gasteiger partial charge >= 0.3 is 0 Å². The Hall–Kier alpha value is -2.59. The van der Waals surface area contributed by atoms with Crippen molar-refractivity contribution in [3.05, 3.63) is 51.7 Å². The molecule has 4 rings (SSSR count). The van der Waals surface area contributed by atoms with Crippen LogP contribution >= 0.6 is 0 Å². The summed E-state index contributed by atoms with van der Waals surface area (Å²) in [7, 11) is -3.80. The van der Waals surface area contributed by atoms with Crippen molar-refractivity contribution in [2.24, 2.45) is 0 Å². The molecule has 1 aromatic heterocycles. The van der Waals surface area contributed by atoms with Crippen LogP contribution in [0.3, 0.4) is 0 Å². The van der Waals surface area contributed by atoms with Gasteiger partial charge in [-0.1, -0.05) is 6.07 Å². The van der Waals surface area contributed by atoms with E-state index < -0.39 is 14.9 Å². The number of anilines is 1. The van der Waals surface area contributed by atoms with E-state index in [1.54, 1.807) is 6.92 Å². The first-order valence-corrected chi connectivity index (χ1v) is 10.6. The molecule has 1 saturated heterocycles. The van der Waals surface area contributed by atoms with Crippen LogP contribution in [-0.2, 0) is 10.0 Å². The molecule has 2 fully saturated rings. The van der Waals surface area contributed by atoms with Crippen LogP contribution in [0.4, 0.5) is 11.5 Å². The Kier molecular flexibility index (Phi) is 4.76. The van der Waals surface area contributed by atoms with E-state index in [1.807, 2.05) is 17.0 Å². The lowest BCUT2D eigenvalue weighted by molar-refractivity contribution is -0.385. The minimum absolute atomic E-state index is 0.0104. The summed E-state index contributed by atoms with van der Waals surface area (Å²) in [5.41, 5.74) is 1.29. The van der Waals surface area contributed by atoms with Gasteiger partial charge in [-0.15, -0.1) is 5.10 Å². The fraction of sp³-hybridized carbons (Fsp3) is 0.444. The normalized spacial score (nSPS) is 18.2. The van der Waals surface area contributed by atoms with Crippen molar-refractivity contribution in [2.75, 3.05) is 31.1 Å². The zero-order chi connectivity index (χ0) is 19.9. The smallest absolute Gasteiger partial charge is 0.270 e. The van der Waals surface area contributed by atoms with E-state index in [9.17, 15) is 18.5 Å². The van der Waals surface area contributed by atoms with Gasteiger partial charge in [0.05, 0.1) is 15.5 Å². The summed E-state index contributed by atoms with van der Waals surface area (Å²) < 4.78 is 27.4. The number of aromatic nitrogens is 2. The summed E-state index contributed by atoms with van der Waals surface area (Å²) >= 11 is 0. The first kappa shape index (κ1) is 18.8. The van der Waals surface area contributed by atoms with E-state index in [2.05, 4.69) is 10.2 Å². The van der Waals surface area contributed by atoms with Crippen LogP contribution in [0.25, 0.3) is 0 Å². The Morgan fingerprint density at radius 3 is 2.36 bits per heavy atom. The molecule has 1 aliphatic carbocycles. The number of hydrogen-bond donors (Lipinski definition) is 0. The number of non-ortho nitro benzene ring substituents is 1. The van der Waals surface area contributed by atoms with Gasteiger partial charge in [-0.3, -0.25) is 10.1 Å². The molecule has 2 aromatic rings. The van der Waals surface area contributed by atoms with Gasteiger partial charge in [0, 0.05) is 44.2 Å². The quantitative estimate of drug-likeness (QED) is 0.555. The molecule has 0 amide bonds. The van der Waals surface area contributed by atoms with Crippen molar-refractivity contribution in [3.8, 4) is 0 Å². The van der Waals surface area contributed by atoms with Gasteiger partial charge in [0.2, 0.25) is 10.0 Å². The van der Waals surface area contributed by atoms with Crippen molar-refractivity contribution >= 4 is 21.5 Å². The molecule has 0 radical (unpaired) electrons. The summed E-state index contributed by atoms with van der Waals surface area (Å²) in [6.45, 7) is 3.20. The average Bonchev–Trinajstić information content (AvgIpc) is 3.53. The van der Waals surface area contributed by atoms with Crippen molar-refractivity contribution in [3.63, 3.8) is 0 Å². The molecule has 10 heteroatoms. The lowest BCUT2D eigenvalue weighted by Crippen LogP contribution is -2.49. The summed E-state index contributed by atoms with van der Waals surface area (Å²) in [4.78, 5) is 12.4. The highest BCUT2D eigenvalue weighted by atomic mass is 32.2. The fourth-order valence-electron chi connectivity index (χ4n) is 3.38. The molecule has 0 N–H and O–H groups in total. The molecule has 2 heterocycles. The van der Waals surface area contributed by atoms with E-state index in [0.717, 1.165) is 17.6 Å². The highest BCUT2D eigenvalue weighted by molar-refractivity contribution is 7.89. The molecule has 28 heavy (non-hydrogen) atoms. The summed E-state index contributed by atoms with van der Waals surface area (Å²) in [6.07, 6.45) is 2.34. The van der Waals surface area contributed by atoms with E-state index in [4.69, 9.17) is 0 Å². The summed E-state index contributed by atoms with van der Waals surface area (Å²) in [5.74, 6) is 1.29. The molecule has 2 aliphatic rings. The van der Waals surface area contributed by atoms with Crippen molar-refractivity contribution in [1.29, 1.82) is 0 Å². The number of aryl methyl sites for hydroxylation is 1. The molecule has 0 atom stereocenters. The molecule has 1 saturated carbocycles. The standard InChI is InChI=1S/C18H21N5O4S/c1-13-2-5-15(23(24)25)12-17(13)28(26,27)22-10-8-21(9-11-22)18-7-6-16(19-20-18)14-3-4-14/h2,5-7,12,14H,3-4,8-11H2,1H3. The topological polar surface area (TPSA) is 110 Å². The van der Waals surface area contributed by atoms with Crippen LogP contribution < -0.4 is 4.90 Å². The van der Waals surface area contributed by atoms with Gasteiger partial charge in [-0.2, -0.15) is 9.40 Å². The fourth-order valence-corrected chi connectivity index (χ4v) is 5.04. The second kappa shape index (κ2) is 7.10. The third-order valence-electron chi connectivity index (χ3n) is 5.23. The molecular formula is C18H21N5O4S. The maximum Gasteiger partial charge on any atom is 0.270 e. The predicted molar refractivity (Wildman–Crippen MR) is 103 cm³/mol. The van der Waals surface area contributed by atoms with Gasteiger partial charge < -0.3 is 4.90 Å². The molecule has 0 bridgehead atoms. The van der Waals surface area contributed by atoms with Gasteiger partial charge in [0.1, 0.15) is 0 Å². The van der Waals surface area contributed by atoms with Crippen molar-refractivity contribution in [1.82, 2.24) is 14.5 Å². The Labute approximate surface area is 163 Å². The maximum absolute atomic E-state index is 13.0. The Morgan fingerprint density at radius 1 is 1.07 bits per heavy atom. The third-order valence-corrected chi connectivity index (χ3v) is 7.27. The largest absolute Gasteiger partial charge is 0.352 e. The van der Waals surface area contributed by atoms with Crippen LogP contribution in [0.15, 0.2) is 35.2 Å². The maximum atomic E-state index is 13.0. The minimum atomic E-state index is -3.80. The highest BCUT2D eigenvalue weighted by Crippen LogP contribution is 2.38. The zero-order valence-corrected chi connectivity index (χ0v) is 16.3. The SMILES string of the molecule is Cc1ccc([N+](=O)[O-])cc1S(=O)(=O)N1CCN(c2ccc(C3CC3)nn2)CC1. The first-order valence-electron chi connectivity index (χ1n) is 9.20. The van der Waals surface area contributed by atoms with Gasteiger partial charge in [0.15, 0.2) is 5.82 Å². The highest BCUT2D eigenvalue weighted by Gasteiger charge is 2.31. The number of piperazine rings is 1. The van der Waals surface area contributed by atoms with Gasteiger partial charge in [0.25, 0.3) is 5.69 Å². The first-order chi connectivity index (χ1) is 13.4. The summed E-state index contributed by atoms with van der Waals surface area (Å²) in [6, 6.07) is 7.86. The van der Waals surface area contributed by atoms with Crippen LogP contribution in [-0.4, -0.2) is 54.0 Å². The average molecular weight is 403 g/mol. The number of benzene rings is 1. The lowest BCUT2D eigenvalue weighted by atomic mass is 10.2. The van der Waals surface area contributed by atoms with E-state index in [0.29, 0.717) is 24.6 Å². The van der Waals surface area contributed by atoms with Gasteiger partial charge in [-0.25, -0.2) is 8.42 Å². The molecule has 0 unspecified atom stereocenters. The second-order valence-electron chi connectivity index (χ2n) is 7.19. The lowest BCUT2D eigenvalue weighted by Gasteiger charge is -2.34. The Morgan fingerprint density at radius 2 is 1.79 bits per heavy atom. The predicted octanol–water partition coefficient (Wildman–Crippen LogP) is 2.08. The second-order valence-corrected chi connectivity index (χ2v) is 9.10. The van der Waals surface area contributed by atoms with E-state index >= 15 is 0 Å². The number of nitro groups is 1. The number of sulfonamides is 1. The molecule has 148 valence electrons. The Balaban J connectivity index is 1.48. The number of nitro benzene ring substituents is 1. The monoisotopic (exact) mass is 403 g/mol. The van der Waals surface area contributed by atoms with Crippen molar-refractivity contribution < 1.29 is 13.3 Å². The zero-order valence-electron chi connectivity index (χ0n) is 15.5. The van der Waals surface area contributed by atoms with Crippen LogP contribution in [0.2, 0.25) is 0 Å². The van der Waals surface area contributed by atoms with Crippen LogP contribution in [0.1, 0.15) is 30.0 Å². The van der Waals surface area contributed by atoms with E-state index in [-0.39, 0.29) is 23.7 Å². The number of nitrogens with zero attached hydrogens (tertiary/aromatic N) is 5. The Bertz CT molecular complexity index is 997. The van der Waals surface area contributed by atoms with E-state index in [1.165, 1.54) is 29.3 Å². The third kappa shape index (κ3) is 3.57. The summed E-state index contributed by atoms with van der Waals surface area (Å²) in [5, 5.41) is 19.6. The van der Waals surface area contributed by atoms with Crippen LogP contribution in [0, 0.1) is 17.0 Å². The molecule has 1 aliphatic heterocycles. The molecular weight excluding hydrogens is 382 g/mol. The molecule has 1 aromatic carbocycles. The minimum Gasteiger partial charge on any atom is -0.352 e. The van der Waals surface area contributed by atoms with Crippen LogP contribution in [0.5, 0.6) is 0 Å². The molecule has 9 nitrogen and oxygen atoms in total. The van der Waals surface area contributed by atoms with Crippen molar-refractivity contribution in [2.45, 2.75) is 30.6 Å². The number of hydrogen-bond acceptors (Lipinski definition) is 7.